The maximum Gasteiger partial charge on any atom is 0.155 e. The summed E-state index contributed by atoms with van der Waals surface area (Å²) < 4.78 is 0. The van der Waals surface area contributed by atoms with E-state index in [-0.39, 0.29) is 0 Å². The first-order valence-corrected chi connectivity index (χ1v) is 7.53. The lowest BCUT2D eigenvalue weighted by Crippen LogP contribution is -2.37. The lowest BCUT2D eigenvalue weighted by Gasteiger charge is -2.27. The molecule has 1 aromatic heterocycles. The van der Waals surface area contributed by atoms with E-state index in [1.807, 2.05) is 6.92 Å². The number of nitrogens with zero attached hydrogens (tertiary/aromatic N) is 4. The minimum atomic E-state index is 0.526. The van der Waals surface area contributed by atoms with Crippen LogP contribution in [0.15, 0.2) is 0 Å². The summed E-state index contributed by atoms with van der Waals surface area (Å²) in [6.45, 7) is 8.77. The lowest BCUT2D eigenvalue weighted by atomic mass is 10.1. The molecule has 2 saturated heterocycles. The van der Waals surface area contributed by atoms with Gasteiger partial charge in [-0.2, -0.15) is 0 Å². The maximum atomic E-state index is 6.05. The summed E-state index contributed by atoms with van der Waals surface area (Å²) in [6, 6.07) is 0.694. The van der Waals surface area contributed by atoms with Crippen LogP contribution in [0.4, 0.5) is 5.82 Å². The fourth-order valence-corrected chi connectivity index (χ4v) is 3.44. The Bertz CT molecular complexity index is 477. The van der Waals surface area contributed by atoms with E-state index < -0.39 is 0 Å². The molecule has 0 radical (unpaired) electrons. The minimum absolute atomic E-state index is 0.526. The van der Waals surface area contributed by atoms with Gasteiger partial charge in [-0.15, -0.1) is 10.2 Å². The molecule has 0 aliphatic carbocycles. The van der Waals surface area contributed by atoms with Crippen LogP contribution in [0, 0.1) is 13.8 Å². The number of rotatable bonds is 1. The highest BCUT2D eigenvalue weighted by Crippen LogP contribution is 2.28. The average molecular weight is 281 g/mol. The fraction of sp³-hybridized carbons (Fsp3) is 0.714. The van der Waals surface area contributed by atoms with E-state index in [1.54, 1.807) is 0 Å². The molecule has 0 N–H and O–H groups in total. The van der Waals surface area contributed by atoms with E-state index >= 15 is 0 Å². The quantitative estimate of drug-likeness (QED) is 0.791. The van der Waals surface area contributed by atoms with Gasteiger partial charge in [0.15, 0.2) is 11.0 Å². The van der Waals surface area contributed by atoms with Crippen molar-refractivity contribution in [2.24, 2.45) is 0 Å². The Kier molecular flexibility index (Phi) is 3.63. The Hall–Kier alpha value is -0.870. The van der Waals surface area contributed by atoms with Crippen molar-refractivity contribution in [1.29, 1.82) is 0 Å². The summed E-state index contributed by atoms with van der Waals surface area (Å²) in [4.78, 5) is 5.03. The molecule has 19 heavy (non-hydrogen) atoms. The maximum absolute atomic E-state index is 6.05. The van der Waals surface area contributed by atoms with E-state index in [4.69, 9.17) is 11.6 Å². The zero-order valence-corrected chi connectivity index (χ0v) is 12.4. The molecule has 0 aromatic carbocycles. The summed E-state index contributed by atoms with van der Waals surface area (Å²) in [6.07, 6.45) is 3.86. The number of anilines is 1. The van der Waals surface area contributed by atoms with Gasteiger partial charge in [0.25, 0.3) is 0 Å². The second-order valence-electron chi connectivity index (χ2n) is 5.70. The van der Waals surface area contributed by atoms with E-state index in [9.17, 15) is 0 Å². The molecule has 2 fully saturated rings. The first-order chi connectivity index (χ1) is 9.16. The van der Waals surface area contributed by atoms with Crippen molar-refractivity contribution in [3.05, 3.63) is 16.3 Å². The topological polar surface area (TPSA) is 32.3 Å². The largest absolute Gasteiger partial charge is 0.353 e. The summed E-state index contributed by atoms with van der Waals surface area (Å²) in [5.74, 6) is 1.02. The normalized spacial score (nSPS) is 24.4. The third-order valence-electron chi connectivity index (χ3n) is 4.54. The second kappa shape index (κ2) is 5.25. The first kappa shape index (κ1) is 13.1. The molecule has 0 spiro atoms. The van der Waals surface area contributed by atoms with Gasteiger partial charge in [-0.25, -0.2) is 0 Å². The van der Waals surface area contributed by atoms with Gasteiger partial charge in [0.05, 0.1) is 0 Å². The molecular formula is C14H21ClN4. The van der Waals surface area contributed by atoms with Crippen LogP contribution < -0.4 is 4.90 Å². The predicted octanol–water partition coefficient (Wildman–Crippen LogP) is 2.42. The minimum Gasteiger partial charge on any atom is -0.353 e. The molecule has 5 heteroatoms. The van der Waals surface area contributed by atoms with Crippen LogP contribution >= 0.6 is 11.6 Å². The van der Waals surface area contributed by atoms with Gasteiger partial charge in [0, 0.05) is 25.7 Å². The fourth-order valence-electron chi connectivity index (χ4n) is 3.26. The Morgan fingerprint density at radius 3 is 2.68 bits per heavy atom. The van der Waals surface area contributed by atoms with Gasteiger partial charge in [-0.1, -0.05) is 11.6 Å². The Morgan fingerprint density at radius 1 is 1.05 bits per heavy atom. The number of fused-ring (bicyclic) bond motifs is 1. The summed E-state index contributed by atoms with van der Waals surface area (Å²) >= 11 is 6.05. The Balaban J connectivity index is 1.87. The van der Waals surface area contributed by atoms with E-state index in [2.05, 4.69) is 26.9 Å². The van der Waals surface area contributed by atoms with Crippen molar-refractivity contribution in [3.63, 3.8) is 0 Å². The molecule has 1 aromatic rings. The van der Waals surface area contributed by atoms with Crippen molar-refractivity contribution in [2.45, 2.75) is 39.2 Å². The molecule has 2 aliphatic rings. The van der Waals surface area contributed by atoms with Crippen molar-refractivity contribution in [3.8, 4) is 0 Å². The SMILES string of the molecule is Cc1c(Cl)nnc(N2CCCN3CCCC3C2)c1C. The molecule has 3 rings (SSSR count). The second-order valence-corrected chi connectivity index (χ2v) is 6.05. The molecule has 0 amide bonds. The molecule has 3 heterocycles. The average Bonchev–Trinajstić information content (AvgIpc) is 2.74. The first-order valence-electron chi connectivity index (χ1n) is 7.15. The van der Waals surface area contributed by atoms with Gasteiger partial charge >= 0.3 is 0 Å². The highest BCUT2D eigenvalue weighted by Gasteiger charge is 2.30. The van der Waals surface area contributed by atoms with Crippen molar-refractivity contribution in [2.75, 3.05) is 31.1 Å². The van der Waals surface area contributed by atoms with Gasteiger partial charge in [-0.05, 0) is 50.8 Å². The molecule has 1 unspecified atom stereocenters. The lowest BCUT2D eigenvalue weighted by molar-refractivity contribution is 0.273. The zero-order valence-electron chi connectivity index (χ0n) is 11.7. The standard InChI is InChI=1S/C14H21ClN4/c1-10-11(2)14(17-16-13(10)15)19-8-4-7-18-6-3-5-12(18)9-19/h12H,3-9H2,1-2H3. The number of aromatic nitrogens is 2. The molecule has 0 saturated carbocycles. The molecule has 4 nitrogen and oxygen atoms in total. The monoisotopic (exact) mass is 280 g/mol. The van der Waals surface area contributed by atoms with Crippen LogP contribution in [0.5, 0.6) is 0 Å². The molecule has 2 aliphatic heterocycles. The summed E-state index contributed by atoms with van der Waals surface area (Å²) in [5.41, 5.74) is 2.23. The summed E-state index contributed by atoms with van der Waals surface area (Å²) in [7, 11) is 0. The van der Waals surface area contributed by atoms with Crippen LogP contribution in [-0.2, 0) is 0 Å². The predicted molar refractivity (Wildman–Crippen MR) is 77.9 cm³/mol. The molecule has 104 valence electrons. The highest BCUT2D eigenvalue weighted by molar-refractivity contribution is 6.30. The smallest absolute Gasteiger partial charge is 0.155 e. The van der Waals surface area contributed by atoms with Crippen molar-refractivity contribution < 1.29 is 0 Å². The van der Waals surface area contributed by atoms with Crippen LogP contribution in [0.3, 0.4) is 0 Å². The number of hydrogen-bond donors (Lipinski definition) is 0. The van der Waals surface area contributed by atoms with Crippen LogP contribution in [-0.4, -0.2) is 47.3 Å². The molecule has 1 atom stereocenters. The number of halogens is 1. The number of hydrogen-bond acceptors (Lipinski definition) is 4. The van der Waals surface area contributed by atoms with E-state index in [0.29, 0.717) is 11.2 Å². The van der Waals surface area contributed by atoms with Crippen molar-refractivity contribution >= 4 is 17.4 Å². The summed E-state index contributed by atoms with van der Waals surface area (Å²) in [5, 5.41) is 8.96. The van der Waals surface area contributed by atoms with Gasteiger partial charge in [0.1, 0.15) is 0 Å². The van der Waals surface area contributed by atoms with Gasteiger partial charge < -0.3 is 4.90 Å². The van der Waals surface area contributed by atoms with Crippen LogP contribution in [0.25, 0.3) is 0 Å². The Morgan fingerprint density at radius 2 is 1.84 bits per heavy atom. The van der Waals surface area contributed by atoms with Crippen LogP contribution in [0.2, 0.25) is 5.15 Å². The third-order valence-corrected chi connectivity index (χ3v) is 4.90. The van der Waals surface area contributed by atoms with Gasteiger partial charge in [0.2, 0.25) is 0 Å². The van der Waals surface area contributed by atoms with E-state index in [0.717, 1.165) is 24.5 Å². The zero-order chi connectivity index (χ0) is 13.4. The van der Waals surface area contributed by atoms with E-state index in [1.165, 1.54) is 37.9 Å². The Labute approximate surface area is 119 Å². The highest BCUT2D eigenvalue weighted by atomic mass is 35.5. The van der Waals surface area contributed by atoms with Gasteiger partial charge in [-0.3, -0.25) is 4.90 Å². The van der Waals surface area contributed by atoms with Crippen LogP contribution in [0.1, 0.15) is 30.4 Å². The molecule has 0 bridgehead atoms. The third kappa shape index (κ3) is 2.43. The molecular weight excluding hydrogens is 260 g/mol. The van der Waals surface area contributed by atoms with Crippen molar-refractivity contribution in [1.82, 2.24) is 15.1 Å².